The van der Waals surface area contributed by atoms with Crippen molar-refractivity contribution in [2.45, 2.75) is 82.8 Å². The van der Waals surface area contributed by atoms with Crippen LogP contribution in [-0.2, 0) is 20.9 Å². The summed E-state index contributed by atoms with van der Waals surface area (Å²) in [6.45, 7) is 4.14. The molecule has 7 atom stereocenters. The Morgan fingerprint density at radius 1 is 0.797 bits per heavy atom. The predicted molar refractivity (Wildman–Crippen MR) is 226 cm³/mol. The van der Waals surface area contributed by atoms with E-state index < -0.39 is 12.1 Å². The Morgan fingerprint density at radius 2 is 1.46 bits per heavy atom. The van der Waals surface area contributed by atoms with Crippen LogP contribution in [0, 0.1) is 17.8 Å². The van der Waals surface area contributed by atoms with Crippen molar-refractivity contribution in [1.82, 2.24) is 25.1 Å². The molecule has 10 rings (SSSR count). The Bertz CT molecular complexity index is 2510. The van der Waals surface area contributed by atoms with Crippen LogP contribution in [0.4, 0.5) is 9.59 Å². The number of aromatic nitrogens is 2. The second-order valence-electron chi connectivity index (χ2n) is 17.2. The molecule has 2 saturated heterocycles. The van der Waals surface area contributed by atoms with Gasteiger partial charge in [0.1, 0.15) is 18.5 Å². The average Bonchev–Trinajstić information content (AvgIpc) is 3.84. The van der Waals surface area contributed by atoms with E-state index in [9.17, 15) is 14.4 Å². The lowest BCUT2D eigenvalue weighted by Crippen LogP contribution is -2.52. The Balaban J connectivity index is 0.788. The summed E-state index contributed by atoms with van der Waals surface area (Å²) >= 11 is 0. The number of aromatic amines is 1. The lowest BCUT2D eigenvalue weighted by molar-refractivity contribution is -0.136. The van der Waals surface area contributed by atoms with Gasteiger partial charge in [-0.1, -0.05) is 92.7 Å². The summed E-state index contributed by atoms with van der Waals surface area (Å²) in [5, 5.41) is 5.01. The van der Waals surface area contributed by atoms with Crippen molar-refractivity contribution in [2.24, 2.45) is 22.7 Å². The van der Waals surface area contributed by atoms with Gasteiger partial charge in [-0.2, -0.15) is 0 Å². The van der Waals surface area contributed by atoms with Crippen LogP contribution in [-0.4, -0.2) is 74.9 Å². The van der Waals surface area contributed by atoms with E-state index in [4.69, 9.17) is 19.5 Å². The zero-order chi connectivity index (χ0) is 40.4. The number of nitrogens with zero attached hydrogens (tertiary/aromatic N) is 4. The molecular weight excluding hydrogens is 741 g/mol. The van der Waals surface area contributed by atoms with Gasteiger partial charge in [-0.25, -0.2) is 14.6 Å². The Hall–Kier alpha value is -6.23. The first-order valence-electron chi connectivity index (χ1n) is 20.8. The summed E-state index contributed by atoms with van der Waals surface area (Å²) in [6.07, 6.45) is 7.56. The summed E-state index contributed by atoms with van der Waals surface area (Å²) in [7, 11) is 1.31. The molecule has 2 saturated carbocycles. The third-order valence-electron chi connectivity index (χ3n) is 13.1. The van der Waals surface area contributed by atoms with Gasteiger partial charge < -0.3 is 24.7 Å². The molecule has 4 aromatic carbocycles. The number of aliphatic imine (C=N–C) groups is 1. The molecule has 0 bridgehead atoms. The molecule has 4 heterocycles. The summed E-state index contributed by atoms with van der Waals surface area (Å²) in [4.78, 5) is 56.2. The summed E-state index contributed by atoms with van der Waals surface area (Å²) in [5.41, 5.74) is 8.53. The molecule has 1 aromatic heterocycles. The van der Waals surface area contributed by atoms with Crippen LogP contribution in [0.25, 0.3) is 38.7 Å². The highest BCUT2D eigenvalue weighted by Gasteiger charge is 2.57. The van der Waals surface area contributed by atoms with Crippen molar-refractivity contribution in [3.8, 4) is 22.4 Å². The molecule has 2 N–H and O–H groups in total. The standard InChI is InChI=1S/C48H48N6O5/c1-27(2)44(52-47(56)58-3)46(55)53-40-20-36(40)23-43(53)45-50-25-39(51-45)34-16-15-32-17-31(13-14-33(32)18-34)29-9-11-30(12-10-29)37-19-38(49-24-37)42-22-35-21-41(35)54(42)48(57)59-26-28-7-5-4-6-8-28/h4-18,24-25,27,35-36,40-44H,19-23,26H2,1-3H3,(H,50,51)(H,52,56)/t35-,36-,40-,41-,42?,43+,44+/m1/s1. The maximum Gasteiger partial charge on any atom is 0.410 e. The summed E-state index contributed by atoms with van der Waals surface area (Å²) in [5.74, 6) is 1.60. The number of piperidine rings is 2. The van der Waals surface area contributed by atoms with E-state index in [2.05, 4.69) is 71.0 Å². The Kier molecular flexibility index (Phi) is 9.33. The lowest BCUT2D eigenvalue weighted by Gasteiger charge is -2.31. The number of amides is 3. The zero-order valence-corrected chi connectivity index (χ0v) is 33.5. The number of imidazole rings is 1. The number of likely N-dealkylation sites (tertiary alicyclic amines) is 2. The molecule has 3 aliphatic heterocycles. The van der Waals surface area contributed by atoms with Gasteiger partial charge in [0.05, 0.1) is 31.1 Å². The van der Waals surface area contributed by atoms with Gasteiger partial charge in [0, 0.05) is 36.0 Å². The van der Waals surface area contributed by atoms with Crippen molar-refractivity contribution in [3.05, 3.63) is 120 Å². The lowest BCUT2D eigenvalue weighted by atomic mass is 9.95. The highest BCUT2D eigenvalue weighted by Crippen LogP contribution is 2.53. The first kappa shape index (κ1) is 37.1. The summed E-state index contributed by atoms with van der Waals surface area (Å²) < 4.78 is 10.6. The number of ether oxygens (including phenoxy) is 2. The maximum atomic E-state index is 13.8. The molecule has 0 radical (unpaired) electrons. The number of carbonyl (C=O) groups excluding carboxylic acids is 3. The molecule has 1 unspecified atom stereocenters. The van der Waals surface area contributed by atoms with Crippen molar-refractivity contribution >= 4 is 40.2 Å². The SMILES string of the molecule is COC(=O)N[C@H](C(=O)N1[C@@H]2C[C@@H]2C[C@H]1c1ncc(-c2ccc3cc(-c4ccc(C5=CN=C(C6C[C@H]7C[C@H]7N6C(=O)OCc6ccccc6)C5)cc4)ccc3c2)[nH]1)C(C)C. The maximum absolute atomic E-state index is 13.8. The number of carbonyl (C=O) groups is 3. The predicted octanol–water partition coefficient (Wildman–Crippen LogP) is 8.92. The minimum atomic E-state index is -0.667. The smallest absolute Gasteiger partial charge is 0.410 e. The van der Waals surface area contributed by atoms with Gasteiger partial charge in [0.15, 0.2) is 0 Å². The number of fused-ring (bicyclic) bond motifs is 3. The molecule has 59 heavy (non-hydrogen) atoms. The molecule has 11 heteroatoms. The molecular formula is C48H48N6O5. The largest absolute Gasteiger partial charge is 0.453 e. The number of allylic oxidation sites excluding steroid dienone is 1. The number of hydrogen-bond donors (Lipinski definition) is 2. The van der Waals surface area contributed by atoms with Crippen molar-refractivity contribution < 1.29 is 23.9 Å². The van der Waals surface area contributed by atoms with Crippen LogP contribution < -0.4 is 5.32 Å². The van der Waals surface area contributed by atoms with E-state index in [1.165, 1.54) is 7.11 Å². The number of rotatable bonds is 10. The molecule has 2 aliphatic carbocycles. The zero-order valence-electron chi connectivity index (χ0n) is 33.5. The van der Waals surface area contributed by atoms with E-state index in [0.717, 1.165) is 93.5 Å². The molecule has 5 aromatic rings. The molecule has 0 spiro atoms. The van der Waals surface area contributed by atoms with Crippen LogP contribution in [0.3, 0.4) is 0 Å². The van der Waals surface area contributed by atoms with Gasteiger partial charge >= 0.3 is 12.2 Å². The molecule has 300 valence electrons. The topological polar surface area (TPSA) is 129 Å². The molecule has 11 nitrogen and oxygen atoms in total. The fourth-order valence-corrected chi connectivity index (χ4v) is 9.64. The Labute approximate surface area is 343 Å². The van der Waals surface area contributed by atoms with E-state index in [1.807, 2.05) is 66.4 Å². The fourth-order valence-electron chi connectivity index (χ4n) is 9.64. The second-order valence-corrected chi connectivity index (χ2v) is 17.2. The van der Waals surface area contributed by atoms with Crippen molar-refractivity contribution in [2.75, 3.05) is 7.11 Å². The fraction of sp³-hybridized carbons (Fsp3) is 0.354. The first-order valence-corrected chi connectivity index (χ1v) is 20.8. The molecule has 5 aliphatic rings. The van der Waals surface area contributed by atoms with Crippen LogP contribution in [0.1, 0.15) is 68.9 Å². The number of H-pyrrole nitrogens is 1. The first-order chi connectivity index (χ1) is 28.7. The van der Waals surface area contributed by atoms with Crippen molar-refractivity contribution in [1.29, 1.82) is 0 Å². The highest BCUT2D eigenvalue weighted by atomic mass is 16.6. The van der Waals surface area contributed by atoms with Gasteiger partial charge in [-0.05, 0) is 94.2 Å². The van der Waals surface area contributed by atoms with Gasteiger partial charge in [0.2, 0.25) is 5.91 Å². The van der Waals surface area contributed by atoms with Crippen molar-refractivity contribution in [3.63, 3.8) is 0 Å². The normalized spacial score (nSPS) is 24.3. The minimum absolute atomic E-state index is 0.0110. The van der Waals surface area contributed by atoms with Crippen LogP contribution in [0.2, 0.25) is 0 Å². The third-order valence-corrected chi connectivity index (χ3v) is 13.1. The Morgan fingerprint density at radius 3 is 2.19 bits per heavy atom. The van der Waals surface area contributed by atoms with E-state index >= 15 is 0 Å². The van der Waals surface area contributed by atoms with Gasteiger partial charge in [-0.15, -0.1) is 0 Å². The molecule has 3 amide bonds. The quantitative estimate of drug-likeness (QED) is 0.146. The molecule has 4 fully saturated rings. The van der Waals surface area contributed by atoms with Crippen LogP contribution in [0.5, 0.6) is 0 Å². The number of nitrogens with one attached hydrogen (secondary N) is 2. The highest BCUT2D eigenvalue weighted by molar-refractivity contribution is 6.03. The van der Waals surface area contributed by atoms with E-state index in [0.29, 0.717) is 11.8 Å². The number of methoxy groups -OCH3 is 1. The van der Waals surface area contributed by atoms with Gasteiger partial charge in [-0.3, -0.25) is 14.7 Å². The minimum Gasteiger partial charge on any atom is -0.453 e. The van der Waals surface area contributed by atoms with E-state index in [-0.39, 0.29) is 48.7 Å². The number of hydrogen-bond acceptors (Lipinski definition) is 7. The van der Waals surface area contributed by atoms with Gasteiger partial charge in [0.25, 0.3) is 0 Å². The van der Waals surface area contributed by atoms with Crippen LogP contribution in [0.15, 0.2) is 108 Å². The third kappa shape index (κ3) is 7.06. The number of alkyl carbamates (subject to hydrolysis) is 1. The van der Waals surface area contributed by atoms with E-state index in [1.54, 1.807) is 0 Å². The number of benzene rings is 4. The van der Waals surface area contributed by atoms with Crippen LogP contribution >= 0.6 is 0 Å². The monoisotopic (exact) mass is 788 g/mol. The summed E-state index contributed by atoms with van der Waals surface area (Å²) in [6, 6.07) is 31.1. The average molecular weight is 789 g/mol. The second kappa shape index (κ2) is 14.9.